The van der Waals surface area contributed by atoms with E-state index in [4.69, 9.17) is 14.2 Å². The Labute approximate surface area is 152 Å². The van der Waals surface area contributed by atoms with Crippen LogP contribution in [0.5, 0.6) is 17.2 Å². The van der Waals surface area contributed by atoms with Crippen molar-refractivity contribution in [2.45, 2.75) is 18.9 Å². The van der Waals surface area contributed by atoms with Crippen molar-refractivity contribution >= 4 is 5.69 Å². The Morgan fingerprint density at radius 1 is 1.08 bits per heavy atom. The molecule has 0 unspecified atom stereocenters. The zero-order valence-electron chi connectivity index (χ0n) is 14.6. The minimum absolute atomic E-state index is 0.305. The lowest BCUT2D eigenvalue weighted by Gasteiger charge is -2.34. The van der Waals surface area contributed by atoms with Crippen molar-refractivity contribution < 1.29 is 18.6 Å². The summed E-state index contributed by atoms with van der Waals surface area (Å²) >= 11 is 0. The Morgan fingerprint density at radius 3 is 2.73 bits per heavy atom. The van der Waals surface area contributed by atoms with Gasteiger partial charge in [0.05, 0.1) is 0 Å². The Kier molecular flexibility index (Phi) is 5.11. The molecule has 26 heavy (non-hydrogen) atoms. The van der Waals surface area contributed by atoms with E-state index in [0.29, 0.717) is 31.7 Å². The third-order valence-electron chi connectivity index (χ3n) is 4.85. The molecule has 2 aromatic carbocycles. The van der Waals surface area contributed by atoms with Crippen LogP contribution in [0.4, 0.5) is 10.1 Å². The normalized spacial score (nSPS) is 16.7. The number of nitrogens with zero attached hydrogens (tertiary/aromatic N) is 1. The first-order valence-corrected chi connectivity index (χ1v) is 9.05. The molecule has 0 radical (unpaired) electrons. The van der Waals surface area contributed by atoms with Crippen molar-refractivity contribution in [3.05, 3.63) is 48.3 Å². The lowest BCUT2D eigenvalue weighted by Crippen LogP contribution is -2.43. The SMILES string of the molecule is Fc1ccccc1OCCNC1CCN(c2ccc3c(c2)OCO3)CC1. The summed E-state index contributed by atoms with van der Waals surface area (Å²) in [6, 6.07) is 13.1. The summed E-state index contributed by atoms with van der Waals surface area (Å²) in [6.07, 6.45) is 2.13. The van der Waals surface area contributed by atoms with Crippen LogP contribution in [0.25, 0.3) is 0 Å². The highest BCUT2D eigenvalue weighted by molar-refractivity contribution is 5.57. The quantitative estimate of drug-likeness (QED) is 0.804. The molecular weight excluding hydrogens is 335 g/mol. The number of hydrogen-bond donors (Lipinski definition) is 1. The van der Waals surface area contributed by atoms with E-state index in [1.165, 1.54) is 11.8 Å². The maximum atomic E-state index is 13.5. The summed E-state index contributed by atoms with van der Waals surface area (Å²) < 4.78 is 29.8. The second-order valence-electron chi connectivity index (χ2n) is 6.53. The van der Waals surface area contributed by atoms with Gasteiger partial charge in [-0.2, -0.15) is 0 Å². The molecule has 0 spiro atoms. The summed E-state index contributed by atoms with van der Waals surface area (Å²) in [6.45, 7) is 3.46. The van der Waals surface area contributed by atoms with Crippen LogP contribution in [0, 0.1) is 5.82 Å². The number of nitrogens with one attached hydrogen (secondary N) is 1. The largest absolute Gasteiger partial charge is 0.489 e. The fourth-order valence-electron chi connectivity index (χ4n) is 3.41. The molecule has 2 heterocycles. The fraction of sp³-hybridized carbons (Fsp3) is 0.400. The smallest absolute Gasteiger partial charge is 0.231 e. The minimum Gasteiger partial charge on any atom is -0.489 e. The minimum atomic E-state index is -0.315. The van der Waals surface area contributed by atoms with E-state index >= 15 is 0 Å². The van der Waals surface area contributed by atoms with Crippen LogP contribution < -0.4 is 24.4 Å². The number of rotatable bonds is 6. The first-order valence-electron chi connectivity index (χ1n) is 9.05. The first kappa shape index (κ1) is 17.0. The van der Waals surface area contributed by atoms with Gasteiger partial charge >= 0.3 is 0 Å². The molecule has 0 aliphatic carbocycles. The highest BCUT2D eigenvalue weighted by Crippen LogP contribution is 2.36. The van der Waals surface area contributed by atoms with Gasteiger partial charge in [0.15, 0.2) is 23.1 Å². The molecule has 1 N–H and O–H groups in total. The van der Waals surface area contributed by atoms with Crippen LogP contribution in [-0.2, 0) is 0 Å². The second kappa shape index (κ2) is 7.83. The summed E-state index contributed by atoms with van der Waals surface area (Å²) in [5.41, 5.74) is 1.18. The third-order valence-corrected chi connectivity index (χ3v) is 4.85. The van der Waals surface area contributed by atoms with Crippen LogP contribution in [-0.4, -0.2) is 39.1 Å². The van der Waals surface area contributed by atoms with Gasteiger partial charge in [0.2, 0.25) is 6.79 Å². The number of benzene rings is 2. The highest BCUT2D eigenvalue weighted by Gasteiger charge is 2.21. The molecule has 5 nitrogen and oxygen atoms in total. The van der Waals surface area contributed by atoms with Crippen molar-refractivity contribution in [2.24, 2.45) is 0 Å². The van der Waals surface area contributed by atoms with Crippen LogP contribution in [0.2, 0.25) is 0 Å². The van der Waals surface area contributed by atoms with Crippen molar-refractivity contribution in [3.8, 4) is 17.2 Å². The number of fused-ring (bicyclic) bond motifs is 1. The van der Waals surface area contributed by atoms with Gasteiger partial charge in [-0.1, -0.05) is 12.1 Å². The standard InChI is InChI=1S/C20H23FN2O3/c21-17-3-1-2-4-18(17)24-12-9-22-15-7-10-23(11-8-15)16-5-6-19-20(13-16)26-14-25-19/h1-6,13,15,22H,7-12,14H2. The van der Waals surface area contributed by atoms with Gasteiger partial charge < -0.3 is 24.4 Å². The first-order chi connectivity index (χ1) is 12.8. The predicted molar refractivity (Wildman–Crippen MR) is 97.7 cm³/mol. The summed E-state index contributed by atoms with van der Waals surface area (Å²) in [7, 11) is 0. The van der Waals surface area contributed by atoms with Crippen molar-refractivity contribution in [1.82, 2.24) is 5.32 Å². The van der Waals surface area contributed by atoms with Crippen molar-refractivity contribution in [1.29, 1.82) is 0 Å². The van der Waals surface area contributed by atoms with Gasteiger partial charge in [0, 0.05) is 37.4 Å². The molecule has 4 rings (SSSR count). The van der Waals surface area contributed by atoms with E-state index < -0.39 is 0 Å². The van der Waals surface area contributed by atoms with Gasteiger partial charge in [0.1, 0.15) is 6.61 Å². The number of hydrogen-bond acceptors (Lipinski definition) is 5. The average molecular weight is 358 g/mol. The van der Waals surface area contributed by atoms with Crippen LogP contribution >= 0.6 is 0 Å². The van der Waals surface area contributed by atoms with E-state index in [-0.39, 0.29) is 5.82 Å². The summed E-state index contributed by atoms with van der Waals surface area (Å²) in [5, 5.41) is 3.51. The Bertz CT molecular complexity index is 748. The van der Waals surface area contributed by atoms with Gasteiger partial charge in [0.25, 0.3) is 0 Å². The van der Waals surface area contributed by atoms with Crippen LogP contribution in [0.3, 0.4) is 0 Å². The molecule has 6 heteroatoms. The maximum Gasteiger partial charge on any atom is 0.231 e. The molecule has 0 bridgehead atoms. The molecule has 2 aromatic rings. The van der Waals surface area contributed by atoms with Gasteiger partial charge in [-0.3, -0.25) is 0 Å². The summed E-state index contributed by atoms with van der Waals surface area (Å²) in [4.78, 5) is 2.37. The van der Waals surface area contributed by atoms with Gasteiger partial charge in [-0.05, 0) is 37.1 Å². The molecule has 2 aliphatic rings. The predicted octanol–water partition coefficient (Wildman–Crippen LogP) is 3.19. The van der Waals surface area contributed by atoms with Crippen LogP contribution in [0.15, 0.2) is 42.5 Å². The monoisotopic (exact) mass is 358 g/mol. The van der Waals surface area contributed by atoms with E-state index in [0.717, 1.165) is 37.4 Å². The Balaban J connectivity index is 1.20. The van der Waals surface area contributed by atoms with Crippen LogP contribution in [0.1, 0.15) is 12.8 Å². The Morgan fingerprint density at radius 2 is 1.88 bits per heavy atom. The average Bonchev–Trinajstić information content (AvgIpc) is 3.15. The highest BCUT2D eigenvalue weighted by atomic mass is 19.1. The number of halogens is 1. The lowest BCUT2D eigenvalue weighted by molar-refractivity contribution is 0.174. The zero-order chi connectivity index (χ0) is 17.8. The van der Waals surface area contributed by atoms with E-state index in [2.05, 4.69) is 22.3 Å². The molecule has 0 atom stereocenters. The molecule has 1 saturated heterocycles. The van der Waals surface area contributed by atoms with Crippen molar-refractivity contribution in [2.75, 3.05) is 37.9 Å². The fourth-order valence-corrected chi connectivity index (χ4v) is 3.41. The number of piperidine rings is 1. The van der Waals surface area contributed by atoms with E-state index in [9.17, 15) is 4.39 Å². The van der Waals surface area contributed by atoms with Gasteiger partial charge in [-0.25, -0.2) is 4.39 Å². The zero-order valence-corrected chi connectivity index (χ0v) is 14.6. The molecule has 0 aromatic heterocycles. The van der Waals surface area contributed by atoms with Crippen molar-refractivity contribution in [3.63, 3.8) is 0 Å². The topological polar surface area (TPSA) is 43.0 Å². The maximum absolute atomic E-state index is 13.5. The number of anilines is 1. The van der Waals surface area contributed by atoms with E-state index in [1.807, 2.05) is 6.07 Å². The second-order valence-corrected chi connectivity index (χ2v) is 6.53. The van der Waals surface area contributed by atoms with Gasteiger partial charge in [-0.15, -0.1) is 0 Å². The van der Waals surface area contributed by atoms with E-state index in [1.54, 1.807) is 18.2 Å². The number of para-hydroxylation sites is 1. The Hall–Kier alpha value is -2.47. The molecular formula is C20H23FN2O3. The molecule has 138 valence electrons. The third kappa shape index (κ3) is 3.85. The number of ether oxygens (including phenoxy) is 3. The molecule has 1 fully saturated rings. The summed E-state index contributed by atoms with van der Waals surface area (Å²) in [5.74, 6) is 1.64. The lowest BCUT2D eigenvalue weighted by atomic mass is 10.0. The molecule has 0 amide bonds. The molecule has 0 saturated carbocycles. The molecule has 2 aliphatic heterocycles.